The van der Waals surface area contributed by atoms with E-state index < -0.39 is 0 Å². The minimum atomic E-state index is -0.250. The van der Waals surface area contributed by atoms with Crippen LogP contribution in [0.2, 0.25) is 0 Å². The topological polar surface area (TPSA) is 56.4 Å². The highest BCUT2D eigenvalue weighted by atomic mass is 19.1. The fourth-order valence-corrected chi connectivity index (χ4v) is 3.87. The highest BCUT2D eigenvalue weighted by molar-refractivity contribution is 5.94. The molecule has 0 aliphatic carbocycles. The number of aryl methyl sites for hydroxylation is 1. The summed E-state index contributed by atoms with van der Waals surface area (Å²) in [5.41, 5.74) is 1.64. The number of nitrogens with zero attached hydrogens (tertiary/aromatic N) is 2. The summed E-state index contributed by atoms with van der Waals surface area (Å²) < 4.78 is 13.7. The van der Waals surface area contributed by atoms with Gasteiger partial charge in [0, 0.05) is 37.5 Å². The summed E-state index contributed by atoms with van der Waals surface area (Å²) in [6.45, 7) is 5.24. The number of piperidine rings is 1. The summed E-state index contributed by atoms with van der Waals surface area (Å²) in [6.07, 6.45) is 2.75. The molecule has 1 fully saturated rings. The molecule has 150 valence electrons. The van der Waals surface area contributed by atoms with E-state index in [0.717, 1.165) is 44.5 Å². The lowest BCUT2D eigenvalue weighted by atomic mass is 9.95. The third-order valence-corrected chi connectivity index (χ3v) is 5.47. The highest BCUT2D eigenvalue weighted by Crippen LogP contribution is 2.19. The second kappa shape index (κ2) is 9.15. The van der Waals surface area contributed by atoms with Crippen molar-refractivity contribution in [2.75, 3.05) is 33.2 Å². The average molecular weight is 385 g/mol. The number of rotatable bonds is 6. The lowest BCUT2D eigenvalue weighted by Gasteiger charge is -2.34. The molecule has 28 heavy (non-hydrogen) atoms. The molecule has 6 heteroatoms. The van der Waals surface area contributed by atoms with Crippen LogP contribution in [0.5, 0.6) is 0 Å². The summed E-state index contributed by atoms with van der Waals surface area (Å²) in [4.78, 5) is 30.9. The van der Waals surface area contributed by atoms with Crippen molar-refractivity contribution in [2.45, 2.75) is 26.2 Å². The van der Waals surface area contributed by atoms with Gasteiger partial charge >= 0.3 is 0 Å². The van der Waals surface area contributed by atoms with E-state index in [0.29, 0.717) is 23.7 Å². The van der Waals surface area contributed by atoms with E-state index in [4.69, 9.17) is 0 Å². The Morgan fingerprint density at radius 2 is 1.96 bits per heavy atom. The van der Waals surface area contributed by atoms with Crippen LogP contribution in [0.3, 0.4) is 0 Å². The smallest absolute Gasteiger partial charge is 0.253 e. The first-order valence-corrected chi connectivity index (χ1v) is 9.84. The van der Waals surface area contributed by atoms with Crippen molar-refractivity contribution in [1.29, 1.82) is 0 Å². The molecule has 1 amide bonds. The summed E-state index contributed by atoms with van der Waals surface area (Å²) in [5.74, 6) is 0.199. The van der Waals surface area contributed by atoms with Crippen LogP contribution in [0, 0.1) is 18.7 Å². The molecule has 0 unspecified atom stereocenters. The van der Waals surface area contributed by atoms with Gasteiger partial charge in [-0.15, -0.1) is 0 Å². The fourth-order valence-electron chi connectivity index (χ4n) is 3.87. The van der Waals surface area contributed by atoms with Gasteiger partial charge in [0.2, 0.25) is 5.56 Å². The van der Waals surface area contributed by atoms with Gasteiger partial charge in [-0.1, -0.05) is 18.2 Å². The van der Waals surface area contributed by atoms with E-state index in [2.05, 4.69) is 9.88 Å². The summed E-state index contributed by atoms with van der Waals surface area (Å²) in [7, 11) is 1.80. The maximum Gasteiger partial charge on any atom is 0.253 e. The van der Waals surface area contributed by atoms with Crippen molar-refractivity contribution >= 4 is 5.91 Å². The van der Waals surface area contributed by atoms with Crippen LogP contribution < -0.4 is 5.56 Å². The standard InChI is InChI=1S/C22H28FN3O2/c1-16-13-19(14-21(27)24-16)22(28)25(2)15-17-7-10-26(11-8-17)12-9-18-5-3-4-6-20(18)23/h3-6,13-14,17H,7-12,15H2,1-2H3,(H,24,27). The molecule has 0 bridgehead atoms. The number of pyridine rings is 1. The van der Waals surface area contributed by atoms with Gasteiger partial charge in [-0.2, -0.15) is 0 Å². The van der Waals surface area contributed by atoms with E-state index in [1.165, 1.54) is 12.1 Å². The van der Waals surface area contributed by atoms with Crippen LogP contribution in [0.15, 0.2) is 41.2 Å². The number of likely N-dealkylation sites (tertiary alicyclic amines) is 1. The Kier molecular flexibility index (Phi) is 6.62. The molecular formula is C22H28FN3O2. The van der Waals surface area contributed by atoms with Crippen molar-refractivity contribution < 1.29 is 9.18 Å². The first-order chi connectivity index (χ1) is 13.4. The number of hydrogen-bond donors (Lipinski definition) is 1. The zero-order valence-electron chi connectivity index (χ0n) is 16.6. The number of hydrogen-bond acceptors (Lipinski definition) is 3. The van der Waals surface area contributed by atoms with Crippen LogP contribution in [0.25, 0.3) is 0 Å². The molecule has 1 aromatic heterocycles. The van der Waals surface area contributed by atoms with Crippen molar-refractivity contribution in [3.63, 3.8) is 0 Å². The van der Waals surface area contributed by atoms with Crippen molar-refractivity contribution in [3.8, 4) is 0 Å². The van der Waals surface area contributed by atoms with Crippen LogP contribution >= 0.6 is 0 Å². The third-order valence-electron chi connectivity index (χ3n) is 5.47. The predicted octanol–water partition coefficient (Wildman–Crippen LogP) is 2.85. The van der Waals surface area contributed by atoms with Gasteiger partial charge in [-0.25, -0.2) is 4.39 Å². The number of halogens is 1. The second-order valence-electron chi connectivity index (χ2n) is 7.73. The number of H-pyrrole nitrogens is 1. The maximum atomic E-state index is 13.7. The van der Waals surface area contributed by atoms with Gasteiger partial charge in [-0.05, 0) is 62.9 Å². The van der Waals surface area contributed by atoms with Gasteiger partial charge in [0.25, 0.3) is 5.91 Å². The Hall–Kier alpha value is -2.47. The molecule has 1 aliphatic rings. The van der Waals surface area contributed by atoms with Crippen LogP contribution in [0.4, 0.5) is 4.39 Å². The number of nitrogens with one attached hydrogen (secondary N) is 1. The molecule has 2 heterocycles. The SMILES string of the molecule is Cc1cc(C(=O)N(C)CC2CCN(CCc3ccccc3F)CC2)cc(=O)[nH]1. The number of carbonyl (C=O) groups is 1. The quantitative estimate of drug-likeness (QED) is 0.832. The Morgan fingerprint density at radius 3 is 2.64 bits per heavy atom. The molecule has 2 aromatic rings. The molecule has 0 atom stereocenters. The van der Waals surface area contributed by atoms with Crippen LogP contribution in [0.1, 0.15) is 34.5 Å². The number of amides is 1. The Balaban J connectivity index is 1.46. The molecule has 1 aliphatic heterocycles. The first-order valence-electron chi connectivity index (χ1n) is 9.84. The van der Waals surface area contributed by atoms with E-state index >= 15 is 0 Å². The van der Waals surface area contributed by atoms with E-state index in [1.807, 2.05) is 12.1 Å². The van der Waals surface area contributed by atoms with Crippen LogP contribution in [-0.4, -0.2) is 53.9 Å². The molecule has 0 radical (unpaired) electrons. The molecule has 3 rings (SSSR count). The predicted molar refractivity (Wildman–Crippen MR) is 108 cm³/mol. The monoisotopic (exact) mass is 385 g/mol. The van der Waals surface area contributed by atoms with E-state index in [-0.39, 0.29) is 17.3 Å². The van der Waals surface area contributed by atoms with E-state index in [9.17, 15) is 14.0 Å². The van der Waals surface area contributed by atoms with Gasteiger partial charge in [-0.3, -0.25) is 9.59 Å². The maximum absolute atomic E-state index is 13.7. The lowest BCUT2D eigenvalue weighted by molar-refractivity contribution is 0.0740. The molecule has 5 nitrogen and oxygen atoms in total. The van der Waals surface area contributed by atoms with Crippen molar-refractivity contribution in [2.24, 2.45) is 5.92 Å². The van der Waals surface area contributed by atoms with Gasteiger partial charge in [0.05, 0.1) is 0 Å². The first kappa shape index (κ1) is 20.3. The summed E-state index contributed by atoms with van der Waals surface area (Å²) in [6, 6.07) is 10.0. The van der Waals surface area contributed by atoms with Gasteiger partial charge in [0.15, 0.2) is 0 Å². The Labute approximate surface area is 165 Å². The average Bonchev–Trinajstić information content (AvgIpc) is 2.67. The molecule has 1 saturated heterocycles. The third kappa shape index (κ3) is 5.29. The van der Waals surface area contributed by atoms with Crippen LogP contribution in [-0.2, 0) is 6.42 Å². The molecule has 0 spiro atoms. The molecule has 0 saturated carbocycles. The largest absolute Gasteiger partial charge is 0.341 e. The fraction of sp³-hybridized carbons (Fsp3) is 0.455. The molecule has 1 N–H and O–H groups in total. The minimum Gasteiger partial charge on any atom is -0.341 e. The molecular weight excluding hydrogens is 357 g/mol. The Bertz CT molecular complexity index is 872. The summed E-state index contributed by atoms with van der Waals surface area (Å²) >= 11 is 0. The number of carbonyl (C=O) groups excluding carboxylic acids is 1. The second-order valence-corrected chi connectivity index (χ2v) is 7.73. The number of aromatic amines is 1. The molecule has 1 aromatic carbocycles. The zero-order chi connectivity index (χ0) is 20.1. The van der Waals surface area contributed by atoms with Gasteiger partial charge in [0.1, 0.15) is 5.82 Å². The number of aromatic nitrogens is 1. The highest BCUT2D eigenvalue weighted by Gasteiger charge is 2.23. The van der Waals surface area contributed by atoms with Gasteiger partial charge < -0.3 is 14.8 Å². The zero-order valence-corrected chi connectivity index (χ0v) is 16.6. The summed E-state index contributed by atoms with van der Waals surface area (Å²) in [5, 5.41) is 0. The van der Waals surface area contributed by atoms with E-state index in [1.54, 1.807) is 31.0 Å². The Morgan fingerprint density at radius 1 is 1.25 bits per heavy atom. The van der Waals surface area contributed by atoms with Crippen molar-refractivity contribution in [1.82, 2.24) is 14.8 Å². The van der Waals surface area contributed by atoms with Crippen molar-refractivity contribution in [3.05, 3.63) is 69.4 Å². The number of benzene rings is 1. The lowest BCUT2D eigenvalue weighted by Crippen LogP contribution is -2.40. The normalized spacial score (nSPS) is 15.5. The minimum absolute atomic E-state index is 0.115.